The molecule has 3 aromatic rings. The number of aromatic nitrogens is 3. The van der Waals surface area contributed by atoms with Gasteiger partial charge in [0.1, 0.15) is 12.1 Å². The van der Waals surface area contributed by atoms with Crippen molar-refractivity contribution in [3.63, 3.8) is 0 Å². The lowest BCUT2D eigenvalue weighted by Crippen LogP contribution is -2.04. The van der Waals surface area contributed by atoms with E-state index in [0.29, 0.717) is 13.0 Å². The SMILES string of the molecule is CCOC(=O)CCCc1c(-n2ccnc2)[nH]c2ccccc12.Cl. The maximum atomic E-state index is 11.5. The number of H-pyrrole nitrogens is 1. The lowest BCUT2D eigenvalue weighted by Gasteiger charge is -2.05. The fraction of sp³-hybridized carbons (Fsp3) is 0.294. The van der Waals surface area contributed by atoms with Crippen LogP contribution in [0.25, 0.3) is 16.7 Å². The molecule has 23 heavy (non-hydrogen) atoms. The number of aryl methyl sites for hydroxylation is 1. The number of nitrogens with zero attached hydrogens (tertiary/aromatic N) is 2. The maximum Gasteiger partial charge on any atom is 0.305 e. The monoisotopic (exact) mass is 333 g/mol. The Kier molecular flexibility index (Phi) is 5.82. The molecule has 1 aromatic carbocycles. The van der Waals surface area contributed by atoms with Crippen molar-refractivity contribution in [1.29, 1.82) is 0 Å². The number of fused-ring (bicyclic) bond motifs is 1. The highest BCUT2D eigenvalue weighted by Gasteiger charge is 2.13. The second-order valence-corrected chi connectivity index (χ2v) is 5.13. The minimum absolute atomic E-state index is 0. The number of carbonyl (C=O) groups excluding carboxylic acids is 1. The highest BCUT2D eigenvalue weighted by atomic mass is 35.5. The molecule has 3 rings (SSSR count). The second-order valence-electron chi connectivity index (χ2n) is 5.13. The highest BCUT2D eigenvalue weighted by molar-refractivity contribution is 5.87. The average molecular weight is 334 g/mol. The molecule has 2 aromatic heterocycles. The third-order valence-electron chi connectivity index (χ3n) is 3.67. The van der Waals surface area contributed by atoms with Gasteiger partial charge in [-0.3, -0.25) is 9.36 Å². The lowest BCUT2D eigenvalue weighted by molar-refractivity contribution is -0.143. The zero-order valence-electron chi connectivity index (χ0n) is 13.0. The van der Waals surface area contributed by atoms with Crippen LogP contribution in [-0.4, -0.2) is 27.1 Å². The fourth-order valence-corrected chi connectivity index (χ4v) is 2.69. The summed E-state index contributed by atoms with van der Waals surface area (Å²) < 4.78 is 6.96. The molecule has 122 valence electrons. The number of rotatable bonds is 6. The molecule has 0 aliphatic carbocycles. The first-order chi connectivity index (χ1) is 10.8. The Balaban J connectivity index is 0.00000192. The van der Waals surface area contributed by atoms with Gasteiger partial charge in [0, 0.05) is 35.3 Å². The zero-order valence-corrected chi connectivity index (χ0v) is 13.8. The van der Waals surface area contributed by atoms with Crippen molar-refractivity contribution in [1.82, 2.24) is 14.5 Å². The molecule has 2 heterocycles. The Bertz CT molecular complexity index is 765. The van der Waals surface area contributed by atoms with Gasteiger partial charge in [-0.15, -0.1) is 12.4 Å². The molecule has 6 heteroatoms. The smallest absolute Gasteiger partial charge is 0.305 e. The Labute approximate surface area is 141 Å². The van der Waals surface area contributed by atoms with Crippen molar-refractivity contribution in [2.24, 2.45) is 0 Å². The lowest BCUT2D eigenvalue weighted by atomic mass is 10.1. The van der Waals surface area contributed by atoms with Gasteiger partial charge in [0.05, 0.1) is 6.61 Å². The van der Waals surface area contributed by atoms with Crippen molar-refractivity contribution in [3.8, 4) is 5.82 Å². The molecule has 0 amide bonds. The number of esters is 1. The van der Waals surface area contributed by atoms with Crippen LogP contribution in [0.1, 0.15) is 25.3 Å². The molecule has 0 radical (unpaired) electrons. The van der Waals surface area contributed by atoms with Gasteiger partial charge in [-0.25, -0.2) is 4.98 Å². The van der Waals surface area contributed by atoms with Gasteiger partial charge >= 0.3 is 5.97 Å². The van der Waals surface area contributed by atoms with E-state index < -0.39 is 0 Å². The van der Waals surface area contributed by atoms with E-state index in [2.05, 4.69) is 22.1 Å². The zero-order chi connectivity index (χ0) is 15.4. The summed E-state index contributed by atoms with van der Waals surface area (Å²) in [6, 6.07) is 8.21. The number of aromatic amines is 1. The van der Waals surface area contributed by atoms with E-state index >= 15 is 0 Å². The second kappa shape index (κ2) is 7.83. The van der Waals surface area contributed by atoms with Crippen LogP contribution in [-0.2, 0) is 16.0 Å². The van der Waals surface area contributed by atoms with Crippen molar-refractivity contribution < 1.29 is 9.53 Å². The maximum absolute atomic E-state index is 11.5. The van der Waals surface area contributed by atoms with Gasteiger partial charge in [-0.05, 0) is 25.8 Å². The average Bonchev–Trinajstić information content (AvgIpc) is 3.15. The van der Waals surface area contributed by atoms with Crippen LogP contribution in [0.3, 0.4) is 0 Å². The Morgan fingerprint density at radius 2 is 2.17 bits per heavy atom. The summed E-state index contributed by atoms with van der Waals surface area (Å²) in [5.41, 5.74) is 2.30. The molecule has 0 aliphatic heterocycles. The summed E-state index contributed by atoms with van der Waals surface area (Å²) >= 11 is 0. The van der Waals surface area contributed by atoms with Crippen LogP contribution < -0.4 is 0 Å². The van der Waals surface area contributed by atoms with E-state index in [1.807, 2.05) is 29.8 Å². The molecule has 0 saturated heterocycles. The van der Waals surface area contributed by atoms with Crippen molar-refractivity contribution in [2.45, 2.75) is 26.2 Å². The molecular formula is C17H20ClN3O2. The molecule has 1 N–H and O–H groups in total. The Morgan fingerprint density at radius 1 is 1.35 bits per heavy atom. The van der Waals surface area contributed by atoms with E-state index in [1.54, 1.807) is 12.5 Å². The summed E-state index contributed by atoms with van der Waals surface area (Å²) in [4.78, 5) is 19.1. The molecule has 0 bridgehead atoms. The van der Waals surface area contributed by atoms with E-state index in [4.69, 9.17) is 4.74 Å². The minimum atomic E-state index is -0.133. The van der Waals surface area contributed by atoms with Gasteiger partial charge < -0.3 is 9.72 Å². The molecule has 0 unspecified atom stereocenters. The van der Waals surface area contributed by atoms with Gasteiger partial charge in [-0.1, -0.05) is 18.2 Å². The van der Waals surface area contributed by atoms with Gasteiger partial charge in [-0.2, -0.15) is 0 Å². The van der Waals surface area contributed by atoms with E-state index in [9.17, 15) is 4.79 Å². The van der Waals surface area contributed by atoms with Gasteiger partial charge in [0.25, 0.3) is 0 Å². The number of carbonyl (C=O) groups is 1. The first kappa shape index (κ1) is 17.1. The molecule has 5 nitrogen and oxygen atoms in total. The van der Waals surface area contributed by atoms with Crippen molar-refractivity contribution in [2.75, 3.05) is 6.61 Å². The third-order valence-corrected chi connectivity index (χ3v) is 3.67. The quantitative estimate of drug-likeness (QED) is 0.700. The highest BCUT2D eigenvalue weighted by Crippen LogP contribution is 2.26. The number of nitrogens with one attached hydrogen (secondary N) is 1. The number of imidazole rings is 1. The summed E-state index contributed by atoms with van der Waals surface area (Å²) in [5.74, 6) is 0.883. The molecular weight excluding hydrogens is 314 g/mol. The summed E-state index contributed by atoms with van der Waals surface area (Å²) in [5, 5.41) is 1.19. The Morgan fingerprint density at radius 3 is 2.91 bits per heavy atom. The topological polar surface area (TPSA) is 59.9 Å². The van der Waals surface area contributed by atoms with E-state index in [1.165, 1.54) is 10.9 Å². The van der Waals surface area contributed by atoms with Crippen LogP contribution in [0.15, 0.2) is 43.0 Å². The number of halogens is 1. The standard InChI is InChI=1S/C17H19N3O2.ClH/c1-2-22-16(21)9-5-7-14-13-6-3-4-8-15(13)19-17(14)20-11-10-18-12-20;/h3-4,6,8,10-12,19H,2,5,7,9H2,1H3;1H. The number of ether oxygens (including phenoxy) is 1. The fourth-order valence-electron chi connectivity index (χ4n) is 2.69. The molecule has 0 saturated carbocycles. The molecule has 0 fully saturated rings. The normalized spacial score (nSPS) is 10.5. The number of hydrogen-bond donors (Lipinski definition) is 1. The van der Waals surface area contributed by atoms with Crippen LogP contribution in [0.2, 0.25) is 0 Å². The van der Waals surface area contributed by atoms with Gasteiger partial charge in [0.2, 0.25) is 0 Å². The largest absolute Gasteiger partial charge is 0.466 e. The number of para-hydroxylation sites is 1. The van der Waals surface area contributed by atoms with Crippen LogP contribution in [0, 0.1) is 0 Å². The van der Waals surface area contributed by atoms with Crippen molar-refractivity contribution in [3.05, 3.63) is 48.5 Å². The van der Waals surface area contributed by atoms with Crippen LogP contribution >= 0.6 is 12.4 Å². The third kappa shape index (κ3) is 3.74. The molecule has 0 atom stereocenters. The first-order valence-corrected chi connectivity index (χ1v) is 7.53. The minimum Gasteiger partial charge on any atom is -0.466 e. The summed E-state index contributed by atoms with van der Waals surface area (Å²) in [7, 11) is 0. The summed E-state index contributed by atoms with van der Waals surface area (Å²) in [6.07, 6.45) is 7.47. The number of hydrogen-bond acceptors (Lipinski definition) is 3. The predicted molar refractivity (Wildman–Crippen MR) is 92.2 cm³/mol. The van der Waals surface area contributed by atoms with E-state index in [0.717, 1.165) is 24.2 Å². The van der Waals surface area contributed by atoms with Crippen molar-refractivity contribution >= 4 is 29.3 Å². The van der Waals surface area contributed by atoms with Crippen LogP contribution in [0.4, 0.5) is 0 Å². The Hall–Kier alpha value is -2.27. The van der Waals surface area contributed by atoms with Crippen LogP contribution in [0.5, 0.6) is 0 Å². The van der Waals surface area contributed by atoms with Gasteiger partial charge in [0.15, 0.2) is 0 Å². The predicted octanol–water partition coefficient (Wildman–Crippen LogP) is 3.66. The summed E-state index contributed by atoms with van der Waals surface area (Å²) in [6.45, 7) is 2.26. The number of benzene rings is 1. The first-order valence-electron chi connectivity index (χ1n) is 7.53. The molecule has 0 aliphatic rings. The molecule has 0 spiro atoms. The van der Waals surface area contributed by atoms with E-state index in [-0.39, 0.29) is 18.4 Å².